The molecule has 0 amide bonds. The molecule has 5 heteroatoms. The van der Waals surface area contributed by atoms with E-state index in [1.165, 1.54) is 12.2 Å². The summed E-state index contributed by atoms with van der Waals surface area (Å²) in [6.07, 6.45) is 3.63. The average molecular weight is 285 g/mol. The fourth-order valence-corrected chi connectivity index (χ4v) is 2.02. The highest BCUT2D eigenvalue weighted by Crippen LogP contribution is 2.26. The smallest absolute Gasteiger partial charge is 0.211 e. The maximum atomic E-state index is 10.2. The Hall–Kier alpha value is -2.51. The highest BCUT2D eigenvalue weighted by atomic mass is 35.5. The fourth-order valence-electron chi connectivity index (χ4n) is 1.78. The first kappa shape index (κ1) is 13.9. The van der Waals surface area contributed by atoms with Crippen LogP contribution in [0.3, 0.4) is 0 Å². The van der Waals surface area contributed by atoms with Crippen molar-refractivity contribution < 1.29 is 9.59 Å². The minimum Gasteiger partial charge on any atom is -0.211 e. The Kier molecular flexibility index (Phi) is 4.59. The summed E-state index contributed by atoms with van der Waals surface area (Å²) in [4.78, 5) is 27.4. The van der Waals surface area contributed by atoms with Gasteiger partial charge in [-0.05, 0) is 41.8 Å². The molecule has 2 aromatic carbocycles. The lowest BCUT2D eigenvalue weighted by molar-refractivity contribution is 0.564. The summed E-state index contributed by atoms with van der Waals surface area (Å²) in [5.41, 5.74) is 3.02. The molecule has 2 aromatic rings. The molecule has 4 nitrogen and oxygen atoms in total. The Bertz CT molecular complexity index is 713. The van der Waals surface area contributed by atoms with E-state index in [4.69, 9.17) is 11.6 Å². The van der Waals surface area contributed by atoms with Crippen molar-refractivity contribution in [2.24, 2.45) is 9.98 Å². The molecule has 0 saturated heterocycles. The molecule has 0 N–H and O–H groups in total. The fraction of sp³-hybridized carbons (Fsp3) is 0.0667. The van der Waals surface area contributed by atoms with E-state index in [2.05, 4.69) is 9.98 Å². The second-order valence-electron chi connectivity index (χ2n) is 4.04. The van der Waals surface area contributed by atoms with Gasteiger partial charge in [0.2, 0.25) is 12.2 Å². The molecule has 0 aliphatic rings. The molecule has 0 bridgehead atoms. The quantitative estimate of drug-likeness (QED) is 0.632. The summed E-state index contributed by atoms with van der Waals surface area (Å²) < 4.78 is 0. The molecule has 0 aliphatic carbocycles. The number of halogens is 1. The Morgan fingerprint density at radius 2 is 1.55 bits per heavy atom. The van der Waals surface area contributed by atoms with Crippen molar-refractivity contribution in [3.05, 3.63) is 58.6 Å². The molecule has 0 saturated carbocycles. The van der Waals surface area contributed by atoms with E-state index in [1.807, 2.05) is 18.2 Å². The van der Waals surface area contributed by atoms with Crippen LogP contribution >= 0.6 is 11.6 Å². The monoisotopic (exact) mass is 284 g/mol. The van der Waals surface area contributed by atoms with Crippen molar-refractivity contribution in [3.8, 4) is 0 Å². The van der Waals surface area contributed by atoms with Gasteiger partial charge in [-0.15, -0.1) is 0 Å². The van der Waals surface area contributed by atoms with Crippen molar-refractivity contribution in [2.45, 2.75) is 6.42 Å². The molecule has 0 spiro atoms. The van der Waals surface area contributed by atoms with Crippen LogP contribution in [0.5, 0.6) is 0 Å². The first-order valence-corrected chi connectivity index (χ1v) is 6.14. The van der Waals surface area contributed by atoms with Gasteiger partial charge in [0.1, 0.15) is 0 Å². The summed E-state index contributed by atoms with van der Waals surface area (Å²) in [5, 5.41) is 0.410. The summed E-state index contributed by atoms with van der Waals surface area (Å²) in [5.74, 6) is 0. The second-order valence-corrected chi connectivity index (χ2v) is 4.44. The second kappa shape index (κ2) is 6.60. The molecule has 0 fully saturated rings. The summed E-state index contributed by atoms with van der Waals surface area (Å²) in [6.45, 7) is 0. The van der Waals surface area contributed by atoms with Crippen LogP contribution in [0.2, 0.25) is 5.02 Å². The van der Waals surface area contributed by atoms with E-state index in [1.54, 1.807) is 24.3 Å². The van der Waals surface area contributed by atoms with Crippen LogP contribution < -0.4 is 0 Å². The standard InChI is InChI=1S/C15H9ClN2O2/c16-14-8-12(3-6-15(14)18-10-20)7-11-1-4-13(5-2-11)17-9-19/h1-6,8H,7H2. The lowest BCUT2D eigenvalue weighted by Crippen LogP contribution is -1.87. The zero-order valence-electron chi connectivity index (χ0n) is 10.3. The highest BCUT2D eigenvalue weighted by Gasteiger charge is 2.02. The lowest BCUT2D eigenvalue weighted by Gasteiger charge is -2.04. The Morgan fingerprint density at radius 1 is 0.900 bits per heavy atom. The maximum Gasteiger partial charge on any atom is 0.240 e. The predicted molar refractivity (Wildman–Crippen MR) is 76.3 cm³/mol. The number of nitrogens with zero attached hydrogens (tertiary/aromatic N) is 2. The molecule has 0 aromatic heterocycles. The van der Waals surface area contributed by atoms with Gasteiger partial charge in [0.05, 0.1) is 16.4 Å². The van der Waals surface area contributed by atoms with E-state index >= 15 is 0 Å². The van der Waals surface area contributed by atoms with Crippen molar-refractivity contribution in [3.63, 3.8) is 0 Å². The van der Waals surface area contributed by atoms with Gasteiger partial charge in [0, 0.05) is 0 Å². The molecular formula is C15H9ClN2O2. The van der Waals surface area contributed by atoms with Gasteiger partial charge in [-0.25, -0.2) is 9.59 Å². The van der Waals surface area contributed by atoms with Crippen LogP contribution in [-0.2, 0) is 16.0 Å². The number of rotatable bonds is 4. The molecule has 0 heterocycles. The zero-order chi connectivity index (χ0) is 14.4. The van der Waals surface area contributed by atoms with E-state index in [9.17, 15) is 9.59 Å². The molecule has 2 rings (SSSR count). The van der Waals surface area contributed by atoms with Gasteiger partial charge < -0.3 is 0 Å². The van der Waals surface area contributed by atoms with E-state index in [0.717, 1.165) is 11.1 Å². The normalized spacial score (nSPS) is 9.45. The summed E-state index contributed by atoms with van der Waals surface area (Å²) in [7, 11) is 0. The largest absolute Gasteiger partial charge is 0.240 e. The topological polar surface area (TPSA) is 58.9 Å². The third kappa shape index (κ3) is 3.50. The van der Waals surface area contributed by atoms with Crippen molar-refractivity contribution in [1.82, 2.24) is 0 Å². The molecule has 0 atom stereocenters. The van der Waals surface area contributed by atoms with Gasteiger partial charge >= 0.3 is 0 Å². The molecule has 20 heavy (non-hydrogen) atoms. The molecule has 0 radical (unpaired) electrons. The molecule has 0 aliphatic heterocycles. The van der Waals surface area contributed by atoms with Gasteiger partial charge in [-0.3, -0.25) is 0 Å². The summed E-state index contributed by atoms with van der Waals surface area (Å²) >= 11 is 6.01. The lowest BCUT2D eigenvalue weighted by atomic mass is 10.0. The van der Waals surface area contributed by atoms with Crippen molar-refractivity contribution in [2.75, 3.05) is 0 Å². The number of carbonyl (C=O) groups excluding carboxylic acids is 2. The molecule has 98 valence electrons. The third-order valence-electron chi connectivity index (χ3n) is 2.70. The number of benzene rings is 2. The van der Waals surface area contributed by atoms with Crippen LogP contribution in [0.1, 0.15) is 11.1 Å². The van der Waals surface area contributed by atoms with E-state index in [0.29, 0.717) is 22.8 Å². The third-order valence-corrected chi connectivity index (χ3v) is 3.00. The van der Waals surface area contributed by atoms with Gasteiger partial charge in [-0.2, -0.15) is 9.98 Å². The van der Waals surface area contributed by atoms with Gasteiger partial charge in [0.15, 0.2) is 0 Å². The number of hydrogen-bond acceptors (Lipinski definition) is 4. The Morgan fingerprint density at radius 3 is 2.15 bits per heavy atom. The summed E-state index contributed by atoms with van der Waals surface area (Å²) in [6, 6.07) is 12.5. The average Bonchev–Trinajstić information content (AvgIpc) is 2.44. The minimum absolute atomic E-state index is 0.404. The number of isocyanates is 2. The van der Waals surface area contributed by atoms with Crippen molar-refractivity contribution in [1.29, 1.82) is 0 Å². The SMILES string of the molecule is O=C=Nc1ccc(Cc2ccc(N=C=O)c(Cl)c2)cc1. The highest BCUT2D eigenvalue weighted by molar-refractivity contribution is 6.33. The van der Waals surface area contributed by atoms with Crippen molar-refractivity contribution >= 4 is 35.1 Å². The predicted octanol–water partition coefficient (Wildman–Crippen LogP) is 3.87. The van der Waals surface area contributed by atoms with Crippen LogP contribution in [0.25, 0.3) is 0 Å². The minimum atomic E-state index is 0.404. The van der Waals surface area contributed by atoms with Gasteiger partial charge in [0.25, 0.3) is 0 Å². The number of hydrogen-bond donors (Lipinski definition) is 0. The first-order valence-electron chi connectivity index (χ1n) is 5.76. The van der Waals surface area contributed by atoms with E-state index in [-0.39, 0.29) is 0 Å². The Balaban J connectivity index is 2.19. The molecule has 0 unspecified atom stereocenters. The maximum absolute atomic E-state index is 10.2. The molecular weight excluding hydrogens is 276 g/mol. The Labute approximate surface area is 120 Å². The van der Waals surface area contributed by atoms with Crippen LogP contribution in [0.15, 0.2) is 52.4 Å². The van der Waals surface area contributed by atoms with Crippen LogP contribution in [-0.4, -0.2) is 12.2 Å². The van der Waals surface area contributed by atoms with E-state index < -0.39 is 0 Å². The van der Waals surface area contributed by atoms with Gasteiger partial charge in [-0.1, -0.05) is 29.8 Å². The zero-order valence-corrected chi connectivity index (χ0v) is 11.1. The van der Waals surface area contributed by atoms with Crippen LogP contribution in [0, 0.1) is 0 Å². The first-order chi connectivity index (χ1) is 9.72. The number of aliphatic imine (C=N–C) groups is 2. The van der Waals surface area contributed by atoms with Crippen LogP contribution in [0.4, 0.5) is 11.4 Å².